The summed E-state index contributed by atoms with van der Waals surface area (Å²) in [6.45, 7) is 4.46. The Morgan fingerprint density at radius 2 is 1.92 bits per heavy atom. The van der Waals surface area contributed by atoms with Gasteiger partial charge in [0.15, 0.2) is 0 Å². The summed E-state index contributed by atoms with van der Waals surface area (Å²) in [5.41, 5.74) is 4.52. The molecule has 5 nitrogen and oxygen atoms in total. The minimum absolute atomic E-state index is 0.0682. The molecular weight excluding hydrogens is 328 g/mol. The average Bonchev–Trinajstić information content (AvgIpc) is 3.10. The Labute approximate surface area is 153 Å². The molecule has 134 valence electrons. The van der Waals surface area contributed by atoms with E-state index >= 15 is 0 Å². The first-order valence-electron chi connectivity index (χ1n) is 8.51. The normalized spacial score (nSPS) is 10.6. The SMILES string of the molecule is COc1ccc(-c2nc(CCNC(=O)c3ccc(C)cc3C)co2)cc1. The van der Waals surface area contributed by atoms with Crippen molar-refractivity contribution in [3.8, 4) is 17.2 Å². The molecule has 0 bridgehead atoms. The number of benzene rings is 2. The smallest absolute Gasteiger partial charge is 0.251 e. The van der Waals surface area contributed by atoms with Gasteiger partial charge in [0.2, 0.25) is 5.89 Å². The number of ether oxygens (including phenoxy) is 1. The monoisotopic (exact) mass is 350 g/mol. The van der Waals surface area contributed by atoms with E-state index in [1.54, 1.807) is 13.4 Å². The molecule has 26 heavy (non-hydrogen) atoms. The average molecular weight is 350 g/mol. The number of nitrogens with one attached hydrogen (secondary N) is 1. The third-order valence-corrected chi connectivity index (χ3v) is 4.18. The number of aromatic nitrogens is 1. The Morgan fingerprint density at radius 1 is 1.15 bits per heavy atom. The maximum atomic E-state index is 12.3. The van der Waals surface area contributed by atoms with Gasteiger partial charge < -0.3 is 14.5 Å². The molecule has 0 fully saturated rings. The minimum atomic E-state index is -0.0682. The highest BCUT2D eigenvalue weighted by Gasteiger charge is 2.10. The number of rotatable bonds is 6. The Morgan fingerprint density at radius 3 is 2.62 bits per heavy atom. The fraction of sp³-hybridized carbons (Fsp3) is 0.238. The maximum Gasteiger partial charge on any atom is 0.251 e. The molecule has 3 aromatic rings. The van der Waals surface area contributed by atoms with E-state index in [0.29, 0.717) is 24.4 Å². The number of methoxy groups -OCH3 is 1. The van der Waals surface area contributed by atoms with Crippen molar-refractivity contribution in [1.82, 2.24) is 10.3 Å². The standard InChI is InChI=1S/C21H22N2O3/c1-14-4-9-19(15(2)12-14)20(24)22-11-10-17-13-26-21(23-17)16-5-7-18(25-3)8-6-16/h4-9,12-13H,10-11H2,1-3H3,(H,22,24). The summed E-state index contributed by atoms with van der Waals surface area (Å²) in [6.07, 6.45) is 2.24. The number of hydrogen-bond acceptors (Lipinski definition) is 4. The van der Waals surface area contributed by atoms with Gasteiger partial charge in [0.05, 0.1) is 12.8 Å². The zero-order valence-electron chi connectivity index (χ0n) is 15.2. The third kappa shape index (κ3) is 4.11. The van der Waals surface area contributed by atoms with Gasteiger partial charge in [-0.05, 0) is 49.7 Å². The van der Waals surface area contributed by atoms with Crippen LogP contribution in [0.2, 0.25) is 0 Å². The van der Waals surface area contributed by atoms with Gasteiger partial charge in [-0.3, -0.25) is 4.79 Å². The number of carbonyl (C=O) groups is 1. The molecule has 0 saturated heterocycles. The van der Waals surface area contributed by atoms with Gasteiger partial charge >= 0.3 is 0 Å². The van der Waals surface area contributed by atoms with Crippen molar-refractivity contribution in [2.24, 2.45) is 0 Å². The summed E-state index contributed by atoms with van der Waals surface area (Å²) in [7, 11) is 1.63. The molecule has 2 aromatic carbocycles. The van der Waals surface area contributed by atoms with Gasteiger partial charge in [-0.15, -0.1) is 0 Å². The second kappa shape index (κ2) is 7.87. The molecule has 5 heteroatoms. The van der Waals surface area contributed by atoms with Gasteiger partial charge in [0.25, 0.3) is 5.91 Å². The summed E-state index contributed by atoms with van der Waals surface area (Å²) in [5.74, 6) is 1.28. The highest BCUT2D eigenvalue weighted by Crippen LogP contribution is 2.21. The molecular formula is C21H22N2O3. The molecule has 0 aliphatic rings. The molecule has 1 amide bonds. The van der Waals surface area contributed by atoms with Crippen LogP contribution in [-0.4, -0.2) is 24.5 Å². The highest BCUT2D eigenvalue weighted by atomic mass is 16.5. The van der Waals surface area contributed by atoms with Gasteiger partial charge in [-0.1, -0.05) is 17.7 Å². The number of nitrogens with zero attached hydrogens (tertiary/aromatic N) is 1. The Balaban J connectivity index is 1.57. The molecule has 0 aliphatic carbocycles. The molecule has 0 radical (unpaired) electrons. The first kappa shape index (κ1) is 17.7. The minimum Gasteiger partial charge on any atom is -0.497 e. The lowest BCUT2D eigenvalue weighted by atomic mass is 10.1. The van der Waals surface area contributed by atoms with E-state index in [4.69, 9.17) is 9.15 Å². The lowest BCUT2D eigenvalue weighted by Crippen LogP contribution is -2.26. The van der Waals surface area contributed by atoms with Crippen molar-refractivity contribution in [3.05, 3.63) is 71.1 Å². The first-order chi connectivity index (χ1) is 12.6. The second-order valence-electron chi connectivity index (χ2n) is 6.20. The van der Waals surface area contributed by atoms with Crippen molar-refractivity contribution in [2.45, 2.75) is 20.3 Å². The summed E-state index contributed by atoms with van der Waals surface area (Å²) in [5, 5.41) is 2.93. The molecule has 0 unspecified atom stereocenters. The fourth-order valence-electron chi connectivity index (χ4n) is 2.76. The van der Waals surface area contributed by atoms with Crippen LogP contribution >= 0.6 is 0 Å². The number of carbonyl (C=O) groups excluding carboxylic acids is 1. The molecule has 1 heterocycles. The van der Waals surface area contributed by atoms with Crippen LogP contribution in [0.25, 0.3) is 11.5 Å². The molecule has 1 N–H and O–H groups in total. The van der Waals surface area contributed by atoms with Crippen LogP contribution in [-0.2, 0) is 6.42 Å². The fourth-order valence-corrected chi connectivity index (χ4v) is 2.76. The Kier molecular flexibility index (Phi) is 5.37. The van der Waals surface area contributed by atoms with Gasteiger partial charge in [0, 0.05) is 24.1 Å². The van der Waals surface area contributed by atoms with Crippen LogP contribution in [0.4, 0.5) is 0 Å². The Bertz CT molecular complexity index is 898. The van der Waals surface area contributed by atoms with Crippen molar-refractivity contribution in [1.29, 1.82) is 0 Å². The lowest BCUT2D eigenvalue weighted by molar-refractivity contribution is 0.0953. The van der Waals surface area contributed by atoms with Crippen molar-refractivity contribution in [2.75, 3.05) is 13.7 Å². The van der Waals surface area contributed by atoms with Crippen LogP contribution in [0, 0.1) is 13.8 Å². The van der Waals surface area contributed by atoms with E-state index in [0.717, 1.165) is 28.1 Å². The van der Waals surface area contributed by atoms with E-state index in [9.17, 15) is 4.79 Å². The number of hydrogen-bond donors (Lipinski definition) is 1. The predicted octanol–water partition coefficient (Wildman–Crippen LogP) is 3.94. The van der Waals surface area contributed by atoms with E-state index in [2.05, 4.69) is 10.3 Å². The highest BCUT2D eigenvalue weighted by molar-refractivity contribution is 5.95. The topological polar surface area (TPSA) is 64.4 Å². The zero-order valence-corrected chi connectivity index (χ0v) is 15.2. The van der Waals surface area contributed by atoms with E-state index in [1.807, 2.05) is 56.3 Å². The molecule has 3 rings (SSSR count). The summed E-state index contributed by atoms with van der Waals surface area (Å²) in [6, 6.07) is 13.3. The van der Waals surface area contributed by atoms with Crippen molar-refractivity contribution >= 4 is 5.91 Å². The predicted molar refractivity (Wildman–Crippen MR) is 100 cm³/mol. The zero-order chi connectivity index (χ0) is 18.5. The van der Waals surface area contributed by atoms with Crippen LogP contribution < -0.4 is 10.1 Å². The second-order valence-corrected chi connectivity index (χ2v) is 6.20. The van der Waals surface area contributed by atoms with Gasteiger partial charge in [-0.2, -0.15) is 0 Å². The largest absolute Gasteiger partial charge is 0.497 e. The van der Waals surface area contributed by atoms with E-state index in [1.165, 1.54) is 0 Å². The van der Waals surface area contributed by atoms with Gasteiger partial charge in [0.1, 0.15) is 12.0 Å². The van der Waals surface area contributed by atoms with Crippen LogP contribution in [0.15, 0.2) is 53.1 Å². The third-order valence-electron chi connectivity index (χ3n) is 4.18. The van der Waals surface area contributed by atoms with Crippen LogP contribution in [0.1, 0.15) is 27.2 Å². The molecule has 1 aromatic heterocycles. The first-order valence-corrected chi connectivity index (χ1v) is 8.51. The summed E-state index contributed by atoms with van der Waals surface area (Å²) in [4.78, 5) is 16.8. The van der Waals surface area contributed by atoms with E-state index < -0.39 is 0 Å². The summed E-state index contributed by atoms with van der Waals surface area (Å²) < 4.78 is 10.7. The number of oxazole rings is 1. The molecule has 0 aliphatic heterocycles. The van der Waals surface area contributed by atoms with E-state index in [-0.39, 0.29) is 5.91 Å². The molecule has 0 saturated carbocycles. The van der Waals surface area contributed by atoms with Crippen molar-refractivity contribution < 1.29 is 13.9 Å². The van der Waals surface area contributed by atoms with Crippen LogP contribution in [0.3, 0.4) is 0 Å². The lowest BCUT2D eigenvalue weighted by Gasteiger charge is -2.07. The number of aryl methyl sites for hydroxylation is 2. The Hall–Kier alpha value is -3.08. The van der Waals surface area contributed by atoms with Gasteiger partial charge in [-0.25, -0.2) is 4.98 Å². The number of amides is 1. The van der Waals surface area contributed by atoms with Crippen LogP contribution in [0.5, 0.6) is 5.75 Å². The molecule has 0 spiro atoms. The maximum absolute atomic E-state index is 12.3. The van der Waals surface area contributed by atoms with Crippen molar-refractivity contribution in [3.63, 3.8) is 0 Å². The summed E-state index contributed by atoms with van der Waals surface area (Å²) >= 11 is 0. The quantitative estimate of drug-likeness (QED) is 0.731. The molecule has 0 atom stereocenters.